The van der Waals surface area contributed by atoms with Crippen molar-refractivity contribution in [2.75, 3.05) is 4.90 Å². The van der Waals surface area contributed by atoms with Crippen LogP contribution in [0.1, 0.15) is 51.6 Å². The fourth-order valence-electron chi connectivity index (χ4n) is 3.02. The summed E-state index contributed by atoms with van der Waals surface area (Å²) < 4.78 is 13.4. The summed E-state index contributed by atoms with van der Waals surface area (Å²) in [5.41, 5.74) is 8.00. The van der Waals surface area contributed by atoms with Gasteiger partial charge in [-0.05, 0) is 63.8 Å². The normalized spacial score (nSPS) is 26.2. The molecule has 0 saturated carbocycles. The molecule has 2 rings (SSSR count). The SMILES string of the molecule is CC(N)c1cc(F)ccc1N1C(C)CCCC1C. The first-order valence-corrected chi connectivity index (χ1v) is 6.84. The number of halogens is 1. The molecular weight excluding hydrogens is 227 g/mol. The molecule has 1 aromatic rings. The zero-order valence-electron chi connectivity index (χ0n) is 11.5. The van der Waals surface area contributed by atoms with Crippen LogP contribution in [0.2, 0.25) is 0 Å². The largest absolute Gasteiger partial charge is 0.366 e. The molecule has 0 radical (unpaired) electrons. The fraction of sp³-hybridized carbons (Fsp3) is 0.600. The van der Waals surface area contributed by atoms with Gasteiger partial charge in [-0.2, -0.15) is 0 Å². The molecule has 3 atom stereocenters. The van der Waals surface area contributed by atoms with Gasteiger partial charge in [0, 0.05) is 23.8 Å². The monoisotopic (exact) mass is 250 g/mol. The van der Waals surface area contributed by atoms with E-state index < -0.39 is 0 Å². The van der Waals surface area contributed by atoms with Gasteiger partial charge in [-0.1, -0.05) is 0 Å². The second kappa shape index (κ2) is 5.27. The molecule has 0 aliphatic carbocycles. The van der Waals surface area contributed by atoms with Gasteiger partial charge in [-0.25, -0.2) is 4.39 Å². The lowest BCUT2D eigenvalue weighted by atomic mass is 9.94. The van der Waals surface area contributed by atoms with Crippen molar-refractivity contribution in [3.05, 3.63) is 29.6 Å². The summed E-state index contributed by atoms with van der Waals surface area (Å²) in [5.74, 6) is -0.205. The Bertz CT molecular complexity index is 407. The van der Waals surface area contributed by atoms with Crippen molar-refractivity contribution in [1.82, 2.24) is 0 Å². The number of nitrogens with two attached hydrogens (primary N) is 1. The van der Waals surface area contributed by atoms with Crippen LogP contribution in [0, 0.1) is 5.82 Å². The van der Waals surface area contributed by atoms with Crippen molar-refractivity contribution in [1.29, 1.82) is 0 Å². The lowest BCUT2D eigenvalue weighted by Crippen LogP contribution is -2.44. The van der Waals surface area contributed by atoms with Crippen LogP contribution in [0.25, 0.3) is 0 Å². The quantitative estimate of drug-likeness (QED) is 0.868. The summed E-state index contributed by atoms with van der Waals surface area (Å²) in [5, 5.41) is 0. The highest BCUT2D eigenvalue weighted by Crippen LogP contribution is 2.34. The van der Waals surface area contributed by atoms with Gasteiger partial charge in [0.05, 0.1) is 0 Å². The predicted molar refractivity (Wildman–Crippen MR) is 74.3 cm³/mol. The zero-order valence-corrected chi connectivity index (χ0v) is 11.5. The molecule has 1 saturated heterocycles. The number of benzene rings is 1. The first-order chi connectivity index (χ1) is 8.50. The van der Waals surface area contributed by atoms with Crippen LogP contribution in [0.5, 0.6) is 0 Å². The van der Waals surface area contributed by atoms with Crippen LogP contribution in [0.15, 0.2) is 18.2 Å². The van der Waals surface area contributed by atoms with E-state index in [9.17, 15) is 4.39 Å². The maximum absolute atomic E-state index is 13.4. The minimum atomic E-state index is -0.205. The summed E-state index contributed by atoms with van der Waals surface area (Å²) >= 11 is 0. The molecule has 1 aromatic carbocycles. The van der Waals surface area contributed by atoms with Crippen molar-refractivity contribution in [3.63, 3.8) is 0 Å². The van der Waals surface area contributed by atoms with Crippen molar-refractivity contribution < 1.29 is 4.39 Å². The average Bonchev–Trinajstić information content (AvgIpc) is 2.30. The van der Waals surface area contributed by atoms with Crippen LogP contribution >= 0.6 is 0 Å². The van der Waals surface area contributed by atoms with E-state index in [0.717, 1.165) is 11.3 Å². The Kier molecular flexibility index (Phi) is 3.91. The van der Waals surface area contributed by atoms with Crippen LogP contribution in [-0.4, -0.2) is 12.1 Å². The summed E-state index contributed by atoms with van der Waals surface area (Å²) in [7, 11) is 0. The highest BCUT2D eigenvalue weighted by molar-refractivity contribution is 5.56. The smallest absolute Gasteiger partial charge is 0.123 e. The fourth-order valence-corrected chi connectivity index (χ4v) is 3.02. The van der Waals surface area contributed by atoms with Crippen molar-refractivity contribution >= 4 is 5.69 Å². The lowest BCUT2D eigenvalue weighted by molar-refractivity contribution is 0.412. The van der Waals surface area contributed by atoms with E-state index in [1.807, 2.05) is 13.0 Å². The Balaban J connectivity index is 2.42. The molecule has 0 amide bonds. The molecule has 2 N–H and O–H groups in total. The molecule has 100 valence electrons. The second-order valence-electron chi connectivity index (χ2n) is 5.53. The molecule has 0 aromatic heterocycles. The van der Waals surface area contributed by atoms with E-state index in [2.05, 4.69) is 18.7 Å². The molecule has 2 nitrogen and oxygen atoms in total. The Labute approximate surface area is 109 Å². The molecular formula is C15H23FN2. The highest BCUT2D eigenvalue weighted by atomic mass is 19.1. The van der Waals surface area contributed by atoms with E-state index in [1.54, 1.807) is 6.07 Å². The summed E-state index contributed by atoms with van der Waals surface area (Å²) in [6.45, 7) is 6.39. The van der Waals surface area contributed by atoms with E-state index in [0.29, 0.717) is 12.1 Å². The minimum absolute atomic E-state index is 0.142. The van der Waals surface area contributed by atoms with Gasteiger partial charge in [0.1, 0.15) is 5.82 Å². The second-order valence-corrected chi connectivity index (χ2v) is 5.53. The Morgan fingerprint density at radius 3 is 2.44 bits per heavy atom. The van der Waals surface area contributed by atoms with E-state index in [1.165, 1.54) is 25.3 Å². The maximum Gasteiger partial charge on any atom is 0.123 e. The number of hydrogen-bond donors (Lipinski definition) is 1. The molecule has 3 heteroatoms. The van der Waals surface area contributed by atoms with Crippen LogP contribution in [0.4, 0.5) is 10.1 Å². The third-order valence-corrected chi connectivity index (χ3v) is 3.95. The number of piperidine rings is 1. The third kappa shape index (κ3) is 2.51. The molecule has 1 aliphatic rings. The first-order valence-electron chi connectivity index (χ1n) is 6.84. The summed E-state index contributed by atoms with van der Waals surface area (Å²) in [6.07, 6.45) is 3.66. The highest BCUT2D eigenvalue weighted by Gasteiger charge is 2.27. The van der Waals surface area contributed by atoms with Crippen LogP contribution in [-0.2, 0) is 0 Å². The van der Waals surface area contributed by atoms with Crippen molar-refractivity contribution in [3.8, 4) is 0 Å². The average molecular weight is 250 g/mol. The zero-order chi connectivity index (χ0) is 13.3. The Morgan fingerprint density at radius 2 is 1.89 bits per heavy atom. The van der Waals surface area contributed by atoms with E-state index >= 15 is 0 Å². The van der Waals surface area contributed by atoms with E-state index in [4.69, 9.17) is 5.73 Å². The van der Waals surface area contributed by atoms with Gasteiger partial charge in [0.25, 0.3) is 0 Å². The van der Waals surface area contributed by atoms with Crippen LogP contribution in [0.3, 0.4) is 0 Å². The molecule has 1 heterocycles. The maximum atomic E-state index is 13.4. The molecule has 0 spiro atoms. The Hall–Kier alpha value is -1.09. The molecule has 3 unspecified atom stereocenters. The van der Waals surface area contributed by atoms with Crippen molar-refractivity contribution in [2.24, 2.45) is 5.73 Å². The Morgan fingerprint density at radius 1 is 1.28 bits per heavy atom. The summed E-state index contributed by atoms with van der Waals surface area (Å²) in [4.78, 5) is 2.40. The van der Waals surface area contributed by atoms with Crippen molar-refractivity contribution in [2.45, 2.75) is 58.2 Å². The van der Waals surface area contributed by atoms with Gasteiger partial charge >= 0.3 is 0 Å². The third-order valence-electron chi connectivity index (χ3n) is 3.95. The number of hydrogen-bond acceptors (Lipinski definition) is 2. The van der Waals surface area contributed by atoms with Gasteiger partial charge in [0.2, 0.25) is 0 Å². The number of nitrogens with zero attached hydrogens (tertiary/aromatic N) is 1. The molecule has 1 aliphatic heterocycles. The van der Waals surface area contributed by atoms with Gasteiger partial charge < -0.3 is 10.6 Å². The molecule has 1 fully saturated rings. The standard InChI is InChI=1S/C15H23FN2/c1-10-5-4-6-11(2)18(10)15-8-7-13(16)9-14(15)12(3)17/h7-12H,4-6,17H2,1-3H3. The molecule has 0 bridgehead atoms. The van der Waals surface area contributed by atoms with Gasteiger partial charge in [-0.3, -0.25) is 0 Å². The predicted octanol–water partition coefficient (Wildman–Crippen LogP) is 3.61. The van der Waals surface area contributed by atoms with Gasteiger partial charge in [0.15, 0.2) is 0 Å². The van der Waals surface area contributed by atoms with E-state index in [-0.39, 0.29) is 11.9 Å². The van der Waals surface area contributed by atoms with Crippen LogP contribution < -0.4 is 10.6 Å². The summed E-state index contributed by atoms with van der Waals surface area (Å²) in [6, 6.07) is 5.85. The topological polar surface area (TPSA) is 29.3 Å². The van der Waals surface area contributed by atoms with Gasteiger partial charge in [-0.15, -0.1) is 0 Å². The number of rotatable bonds is 2. The minimum Gasteiger partial charge on any atom is -0.366 e. The molecule has 18 heavy (non-hydrogen) atoms. The number of anilines is 1. The first kappa shape index (κ1) is 13.3. The lowest BCUT2D eigenvalue weighted by Gasteiger charge is -2.42.